The third kappa shape index (κ3) is 3.75. The van der Waals surface area contributed by atoms with Crippen LogP contribution in [0.15, 0.2) is 58.2 Å². The van der Waals surface area contributed by atoms with Crippen LogP contribution in [0.3, 0.4) is 0 Å². The zero-order valence-electron chi connectivity index (χ0n) is 15.8. The van der Waals surface area contributed by atoms with Crippen molar-refractivity contribution in [2.24, 2.45) is 0 Å². The molecule has 0 aliphatic carbocycles. The number of anilines is 1. The zero-order chi connectivity index (χ0) is 19.5. The van der Waals surface area contributed by atoms with Crippen molar-refractivity contribution in [3.63, 3.8) is 0 Å². The lowest BCUT2D eigenvalue weighted by Gasteiger charge is -2.35. The summed E-state index contributed by atoms with van der Waals surface area (Å²) in [6.07, 6.45) is 1.97. The second kappa shape index (κ2) is 8.06. The maximum absolute atomic E-state index is 12.9. The number of carbonyl (C=O) groups excluding carboxylic acids is 1. The summed E-state index contributed by atoms with van der Waals surface area (Å²) in [5, 5.41) is 8.53. The number of amides is 1. The topological polar surface area (TPSA) is 68.5 Å². The molecule has 0 saturated heterocycles. The van der Waals surface area contributed by atoms with Crippen molar-refractivity contribution < 1.29 is 13.9 Å². The molecule has 144 valence electrons. The standard InChI is InChI=1S/C21H21N3O3S/c1-14-7-8-15-5-3-4-6-18(15)24(14)19(25)13-28-21-23-22-20(27-21)16-9-11-17(26-2)12-10-16/h3-6,9-12,14H,7-8,13H2,1-2H3/t14-/m1/s1. The van der Waals surface area contributed by atoms with Gasteiger partial charge >= 0.3 is 0 Å². The highest BCUT2D eigenvalue weighted by molar-refractivity contribution is 7.99. The molecule has 3 aromatic rings. The monoisotopic (exact) mass is 395 g/mol. The van der Waals surface area contributed by atoms with Crippen molar-refractivity contribution in [1.82, 2.24) is 10.2 Å². The third-order valence-corrected chi connectivity index (χ3v) is 5.66. The Balaban J connectivity index is 1.43. The Kier molecular flexibility index (Phi) is 5.34. The van der Waals surface area contributed by atoms with E-state index in [2.05, 4.69) is 23.2 Å². The van der Waals surface area contributed by atoms with Crippen LogP contribution in [0.5, 0.6) is 5.75 Å². The van der Waals surface area contributed by atoms with E-state index in [-0.39, 0.29) is 17.7 Å². The summed E-state index contributed by atoms with van der Waals surface area (Å²) in [5.74, 6) is 1.49. The fourth-order valence-corrected chi connectivity index (χ4v) is 4.00. The van der Waals surface area contributed by atoms with Crippen molar-refractivity contribution in [2.75, 3.05) is 17.8 Å². The van der Waals surface area contributed by atoms with E-state index in [0.29, 0.717) is 11.1 Å². The molecule has 0 radical (unpaired) electrons. The van der Waals surface area contributed by atoms with Gasteiger partial charge in [-0.3, -0.25) is 4.79 Å². The molecule has 0 bridgehead atoms. The van der Waals surface area contributed by atoms with E-state index < -0.39 is 0 Å². The first kappa shape index (κ1) is 18.6. The first-order chi connectivity index (χ1) is 13.7. The van der Waals surface area contributed by atoms with Crippen LogP contribution in [0.4, 0.5) is 5.69 Å². The quantitative estimate of drug-likeness (QED) is 0.603. The largest absolute Gasteiger partial charge is 0.497 e. The summed E-state index contributed by atoms with van der Waals surface area (Å²) in [6.45, 7) is 2.09. The molecule has 1 aromatic heterocycles. The number of methoxy groups -OCH3 is 1. The number of nitrogens with zero attached hydrogens (tertiary/aromatic N) is 3. The number of fused-ring (bicyclic) bond motifs is 1. The van der Waals surface area contributed by atoms with E-state index >= 15 is 0 Å². The molecular formula is C21H21N3O3S. The number of benzene rings is 2. The fraction of sp³-hybridized carbons (Fsp3) is 0.286. The Labute approximate surface area is 167 Å². The van der Waals surface area contributed by atoms with E-state index in [1.807, 2.05) is 47.4 Å². The number of para-hydroxylation sites is 1. The molecule has 2 heterocycles. The molecule has 0 saturated carbocycles. The molecule has 28 heavy (non-hydrogen) atoms. The molecule has 1 aliphatic rings. The van der Waals surface area contributed by atoms with Gasteiger partial charge < -0.3 is 14.1 Å². The van der Waals surface area contributed by atoms with Crippen molar-refractivity contribution in [3.8, 4) is 17.2 Å². The van der Waals surface area contributed by atoms with E-state index in [0.717, 1.165) is 29.8 Å². The van der Waals surface area contributed by atoms with Crippen LogP contribution in [-0.4, -0.2) is 35.0 Å². The number of aryl methyl sites for hydroxylation is 1. The summed E-state index contributed by atoms with van der Waals surface area (Å²) < 4.78 is 10.9. The summed E-state index contributed by atoms with van der Waals surface area (Å²) in [4.78, 5) is 14.8. The minimum atomic E-state index is 0.0499. The van der Waals surface area contributed by atoms with E-state index in [1.54, 1.807) is 7.11 Å². The number of rotatable bonds is 5. The molecule has 1 atom stereocenters. The second-order valence-electron chi connectivity index (χ2n) is 6.67. The smallest absolute Gasteiger partial charge is 0.277 e. The molecule has 0 unspecified atom stereocenters. The van der Waals surface area contributed by atoms with Crippen molar-refractivity contribution >= 4 is 23.4 Å². The Hall–Kier alpha value is -2.80. The van der Waals surface area contributed by atoms with E-state index in [9.17, 15) is 4.79 Å². The van der Waals surface area contributed by atoms with Gasteiger partial charge in [0.1, 0.15) is 5.75 Å². The molecule has 4 rings (SSSR count). The van der Waals surface area contributed by atoms with Crippen LogP contribution < -0.4 is 9.64 Å². The lowest BCUT2D eigenvalue weighted by Crippen LogP contribution is -2.43. The minimum absolute atomic E-state index is 0.0499. The Bertz CT molecular complexity index is 971. The van der Waals surface area contributed by atoms with E-state index in [1.165, 1.54) is 17.3 Å². The van der Waals surface area contributed by atoms with Gasteiger partial charge in [0.2, 0.25) is 11.8 Å². The number of aromatic nitrogens is 2. The normalized spacial score (nSPS) is 15.9. The van der Waals surface area contributed by atoms with Crippen LogP contribution in [0.2, 0.25) is 0 Å². The van der Waals surface area contributed by atoms with Gasteiger partial charge in [0.05, 0.1) is 12.9 Å². The van der Waals surface area contributed by atoms with Gasteiger partial charge in [0.25, 0.3) is 5.22 Å². The number of ether oxygens (including phenoxy) is 1. The van der Waals surface area contributed by atoms with Gasteiger partial charge in [-0.1, -0.05) is 30.0 Å². The van der Waals surface area contributed by atoms with Gasteiger partial charge in [-0.25, -0.2) is 0 Å². The van der Waals surface area contributed by atoms with Crippen molar-refractivity contribution in [1.29, 1.82) is 0 Å². The SMILES string of the molecule is COc1ccc(-c2nnc(SCC(=O)N3c4ccccc4CC[C@H]3C)o2)cc1. The highest BCUT2D eigenvalue weighted by atomic mass is 32.2. The van der Waals surface area contributed by atoms with Crippen molar-refractivity contribution in [2.45, 2.75) is 31.0 Å². The summed E-state index contributed by atoms with van der Waals surface area (Å²) in [7, 11) is 1.62. The van der Waals surface area contributed by atoms with Crippen molar-refractivity contribution in [3.05, 3.63) is 54.1 Å². The molecule has 6 nitrogen and oxygen atoms in total. The first-order valence-electron chi connectivity index (χ1n) is 9.16. The van der Waals surface area contributed by atoms with Gasteiger partial charge in [-0.15, -0.1) is 10.2 Å². The summed E-state index contributed by atoms with van der Waals surface area (Å²) in [6, 6.07) is 15.7. The molecule has 0 fully saturated rings. The molecule has 7 heteroatoms. The molecule has 0 N–H and O–H groups in total. The third-order valence-electron chi connectivity index (χ3n) is 4.85. The lowest BCUT2D eigenvalue weighted by molar-refractivity contribution is -0.116. The van der Waals surface area contributed by atoms with E-state index in [4.69, 9.17) is 9.15 Å². The van der Waals surface area contributed by atoms with Crippen LogP contribution in [0.25, 0.3) is 11.5 Å². The maximum Gasteiger partial charge on any atom is 0.277 e. The fourth-order valence-electron chi connectivity index (χ4n) is 3.38. The average molecular weight is 395 g/mol. The molecule has 1 aliphatic heterocycles. The average Bonchev–Trinajstić information content (AvgIpc) is 3.21. The van der Waals surface area contributed by atoms with Gasteiger partial charge in [-0.05, 0) is 55.7 Å². The Morgan fingerprint density at radius 1 is 1.21 bits per heavy atom. The molecular weight excluding hydrogens is 374 g/mol. The highest BCUT2D eigenvalue weighted by Gasteiger charge is 2.28. The van der Waals surface area contributed by atoms with Gasteiger partial charge in [0.15, 0.2) is 0 Å². The predicted molar refractivity (Wildman–Crippen MR) is 109 cm³/mol. The molecule has 2 aromatic carbocycles. The summed E-state index contributed by atoms with van der Waals surface area (Å²) in [5.41, 5.74) is 3.04. The van der Waals surface area contributed by atoms with Crippen LogP contribution in [0.1, 0.15) is 18.9 Å². The number of hydrogen-bond acceptors (Lipinski definition) is 6. The first-order valence-corrected chi connectivity index (χ1v) is 10.1. The van der Waals surface area contributed by atoms with Crippen LogP contribution >= 0.6 is 11.8 Å². The van der Waals surface area contributed by atoms with Crippen LogP contribution in [0, 0.1) is 0 Å². The Morgan fingerprint density at radius 2 is 2.00 bits per heavy atom. The van der Waals surface area contributed by atoms with Gasteiger partial charge in [0, 0.05) is 17.3 Å². The zero-order valence-corrected chi connectivity index (χ0v) is 16.6. The second-order valence-corrected chi connectivity index (χ2v) is 7.60. The molecule has 1 amide bonds. The number of carbonyl (C=O) groups is 1. The predicted octanol–water partition coefficient (Wildman–Crippen LogP) is 4.21. The highest BCUT2D eigenvalue weighted by Crippen LogP contribution is 2.32. The summed E-state index contributed by atoms with van der Waals surface area (Å²) >= 11 is 1.27. The number of thioether (sulfide) groups is 1. The lowest BCUT2D eigenvalue weighted by atomic mass is 9.97. The Morgan fingerprint density at radius 3 is 2.79 bits per heavy atom. The molecule has 0 spiro atoms. The van der Waals surface area contributed by atoms with Gasteiger partial charge in [-0.2, -0.15) is 0 Å². The maximum atomic E-state index is 12.9. The minimum Gasteiger partial charge on any atom is -0.497 e. The van der Waals surface area contributed by atoms with Crippen LogP contribution in [-0.2, 0) is 11.2 Å². The number of hydrogen-bond donors (Lipinski definition) is 0.